The van der Waals surface area contributed by atoms with Crippen LogP contribution in [0.4, 0.5) is 0 Å². The molecule has 0 aromatic carbocycles. The molecular formula is C17H34N2O. The van der Waals surface area contributed by atoms with Gasteiger partial charge in [0.2, 0.25) is 0 Å². The Morgan fingerprint density at radius 3 is 2.70 bits per heavy atom. The predicted molar refractivity (Wildman–Crippen MR) is 85.2 cm³/mol. The maximum atomic E-state index is 6.16. The molecule has 3 nitrogen and oxygen atoms in total. The summed E-state index contributed by atoms with van der Waals surface area (Å²) in [5, 5.41) is 3.78. The lowest BCUT2D eigenvalue weighted by Crippen LogP contribution is -2.48. The highest BCUT2D eigenvalue weighted by atomic mass is 16.5. The highest BCUT2D eigenvalue weighted by molar-refractivity contribution is 4.92. The van der Waals surface area contributed by atoms with Gasteiger partial charge in [0.15, 0.2) is 0 Å². The number of ether oxygens (including phenoxy) is 1. The Labute approximate surface area is 125 Å². The van der Waals surface area contributed by atoms with Crippen LogP contribution in [0, 0.1) is 0 Å². The zero-order chi connectivity index (χ0) is 14.4. The third kappa shape index (κ3) is 4.71. The minimum absolute atomic E-state index is 0.239. The fourth-order valence-electron chi connectivity index (χ4n) is 3.64. The molecule has 1 N–H and O–H groups in total. The van der Waals surface area contributed by atoms with E-state index in [-0.39, 0.29) is 5.60 Å². The Balaban J connectivity index is 1.65. The zero-order valence-corrected chi connectivity index (χ0v) is 13.8. The summed E-state index contributed by atoms with van der Waals surface area (Å²) in [4.78, 5) is 2.42. The van der Waals surface area contributed by atoms with Crippen LogP contribution in [-0.4, -0.2) is 49.3 Å². The van der Waals surface area contributed by atoms with Gasteiger partial charge in [-0.3, -0.25) is 0 Å². The predicted octanol–water partition coefficient (Wildman–Crippen LogP) is 3.19. The molecule has 3 heteroatoms. The van der Waals surface area contributed by atoms with Gasteiger partial charge < -0.3 is 15.0 Å². The maximum Gasteiger partial charge on any atom is 0.0697 e. The van der Waals surface area contributed by atoms with Gasteiger partial charge in [0.05, 0.1) is 5.60 Å². The molecule has 1 atom stereocenters. The quantitative estimate of drug-likeness (QED) is 0.757. The van der Waals surface area contributed by atoms with Gasteiger partial charge in [0.25, 0.3) is 0 Å². The van der Waals surface area contributed by atoms with Crippen molar-refractivity contribution in [2.45, 2.75) is 82.9 Å². The molecule has 20 heavy (non-hydrogen) atoms. The maximum absolute atomic E-state index is 6.16. The highest BCUT2D eigenvalue weighted by Gasteiger charge is 2.38. The third-order valence-electron chi connectivity index (χ3n) is 5.26. The van der Waals surface area contributed by atoms with Crippen LogP contribution >= 0.6 is 0 Å². The van der Waals surface area contributed by atoms with E-state index in [2.05, 4.69) is 31.1 Å². The van der Waals surface area contributed by atoms with Crippen LogP contribution in [0.15, 0.2) is 0 Å². The Hall–Kier alpha value is -0.120. The fraction of sp³-hybridized carbons (Fsp3) is 1.00. The first-order valence-electron chi connectivity index (χ1n) is 8.69. The molecule has 2 aliphatic rings. The SMILES string of the molecule is CC(C)N(C)CCCNC1CCOC2(CCCCC2)C1. The van der Waals surface area contributed by atoms with Crippen LogP contribution in [-0.2, 0) is 4.74 Å². The number of rotatable bonds is 6. The van der Waals surface area contributed by atoms with Gasteiger partial charge in [0, 0.05) is 18.7 Å². The lowest BCUT2D eigenvalue weighted by molar-refractivity contribution is -0.109. The zero-order valence-electron chi connectivity index (χ0n) is 13.8. The summed E-state index contributed by atoms with van der Waals surface area (Å²) in [6.45, 7) is 7.83. The van der Waals surface area contributed by atoms with Crippen LogP contribution < -0.4 is 5.32 Å². The first-order valence-corrected chi connectivity index (χ1v) is 8.69. The molecule has 118 valence electrons. The van der Waals surface area contributed by atoms with E-state index in [0.717, 1.165) is 13.2 Å². The molecule has 1 saturated heterocycles. The summed E-state index contributed by atoms with van der Waals surface area (Å²) in [6, 6.07) is 1.34. The van der Waals surface area contributed by atoms with Gasteiger partial charge in [-0.05, 0) is 66.1 Å². The van der Waals surface area contributed by atoms with Crippen molar-refractivity contribution in [3.8, 4) is 0 Å². The summed E-state index contributed by atoms with van der Waals surface area (Å²) in [7, 11) is 2.22. The summed E-state index contributed by atoms with van der Waals surface area (Å²) in [6.07, 6.45) is 10.4. The van der Waals surface area contributed by atoms with Gasteiger partial charge in [-0.15, -0.1) is 0 Å². The Morgan fingerprint density at radius 2 is 2.00 bits per heavy atom. The number of hydrogen-bond acceptors (Lipinski definition) is 3. The van der Waals surface area contributed by atoms with Crippen LogP contribution in [0.25, 0.3) is 0 Å². The molecule has 1 saturated carbocycles. The van der Waals surface area contributed by atoms with Gasteiger partial charge in [-0.2, -0.15) is 0 Å². The topological polar surface area (TPSA) is 24.5 Å². The van der Waals surface area contributed by atoms with Crippen LogP contribution in [0.3, 0.4) is 0 Å². The average Bonchev–Trinajstić information content (AvgIpc) is 2.44. The van der Waals surface area contributed by atoms with Crippen molar-refractivity contribution in [1.29, 1.82) is 0 Å². The lowest BCUT2D eigenvalue weighted by Gasteiger charge is -2.43. The van der Waals surface area contributed by atoms with Crippen molar-refractivity contribution in [2.24, 2.45) is 0 Å². The van der Waals surface area contributed by atoms with Gasteiger partial charge in [-0.25, -0.2) is 0 Å². The van der Waals surface area contributed by atoms with Crippen molar-refractivity contribution < 1.29 is 4.74 Å². The minimum atomic E-state index is 0.239. The number of hydrogen-bond donors (Lipinski definition) is 1. The molecule has 0 radical (unpaired) electrons. The largest absolute Gasteiger partial charge is 0.375 e. The second kappa shape index (κ2) is 7.77. The van der Waals surface area contributed by atoms with Gasteiger partial charge in [-0.1, -0.05) is 19.3 Å². The van der Waals surface area contributed by atoms with Gasteiger partial charge >= 0.3 is 0 Å². The second-order valence-corrected chi connectivity index (χ2v) is 7.16. The molecule has 1 aliphatic heterocycles. The van der Waals surface area contributed by atoms with E-state index in [1.165, 1.54) is 57.9 Å². The molecule has 1 heterocycles. The first kappa shape index (κ1) is 16.3. The molecule has 1 aliphatic carbocycles. The van der Waals surface area contributed by atoms with E-state index in [4.69, 9.17) is 4.74 Å². The standard InChI is InChI=1S/C17H34N2O/c1-15(2)19(3)12-7-11-18-16-8-13-20-17(14-16)9-5-4-6-10-17/h15-16,18H,4-14H2,1-3H3. The van der Waals surface area contributed by atoms with E-state index < -0.39 is 0 Å². The third-order valence-corrected chi connectivity index (χ3v) is 5.26. The Morgan fingerprint density at radius 1 is 1.25 bits per heavy atom. The van der Waals surface area contributed by atoms with Gasteiger partial charge in [0.1, 0.15) is 0 Å². The molecule has 1 spiro atoms. The number of nitrogens with zero attached hydrogens (tertiary/aromatic N) is 1. The fourth-order valence-corrected chi connectivity index (χ4v) is 3.64. The second-order valence-electron chi connectivity index (χ2n) is 7.16. The average molecular weight is 282 g/mol. The normalized spacial score (nSPS) is 26.6. The summed E-state index contributed by atoms with van der Waals surface area (Å²) >= 11 is 0. The first-order chi connectivity index (χ1) is 9.61. The number of nitrogens with one attached hydrogen (secondary N) is 1. The lowest BCUT2D eigenvalue weighted by atomic mass is 9.78. The van der Waals surface area contributed by atoms with Crippen molar-refractivity contribution in [2.75, 3.05) is 26.7 Å². The molecule has 0 bridgehead atoms. The molecule has 0 aromatic heterocycles. The minimum Gasteiger partial charge on any atom is -0.375 e. The van der Waals surface area contributed by atoms with Crippen molar-refractivity contribution >= 4 is 0 Å². The molecule has 1 unspecified atom stereocenters. The van der Waals surface area contributed by atoms with E-state index in [1.807, 2.05) is 0 Å². The van der Waals surface area contributed by atoms with E-state index in [1.54, 1.807) is 0 Å². The molecule has 2 fully saturated rings. The molecular weight excluding hydrogens is 248 g/mol. The smallest absolute Gasteiger partial charge is 0.0697 e. The Kier molecular flexibility index (Phi) is 6.31. The highest BCUT2D eigenvalue weighted by Crippen LogP contribution is 2.38. The molecule has 0 amide bonds. The van der Waals surface area contributed by atoms with Crippen molar-refractivity contribution in [3.05, 3.63) is 0 Å². The summed E-state index contributed by atoms with van der Waals surface area (Å²) in [5.41, 5.74) is 0.239. The Bertz CT molecular complexity index is 269. The van der Waals surface area contributed by atoms with Crippen molar-refractivity contribution in [1.82, 2.24) is 10.2 Å². The van der Waals surface area contributed by atoms with E-state index in [0.29, 0.717) is 12.1 Å². The van der Waals surface area contributed by atoms with Crippen LogP contribution in [0.5, 0.6) is 0 Å². The summed E-state index contributed by atoms with van der Waals surface area (Å²) in [5.74, 6) is 0. The van der Waals surface area contributed by atoms with Crippen LogP contribution in [0.2, 0.25) is 0 Å². The summed E-state index contributed by atoms with van der Waals surface area (Å²) < 4.78 is 6.16. The van der Waals surface area contributed by atoms with E-state index in [9.17, 15) is 0 Å². The van der Waals surface area contributed by atoms with E-state index >= 15 is 0 Å². The molecule has 2 rings (SSSR count). The van der Waals surface area contributed by atoms with Crippen LogP contribution in [0.1, 0.15) is 65.2 Å². The molecule has 0 aromatic rings. The monoisotopic (exact) mass is 282 g/mol. The van der Waals surface area contributed by atoms with Crippen molar-refractivity contribution in [3.63, 3.8) is 0 Å².